The summed E-state index contributed by atoms with van der Waals surface area (Å²) < 4.78 is 22.7. The van der Waals surface area contributed by atoms with Crippen LogP contribution in [0.3, 0.4) is 0 Å². The lowest BCUT2D eigenvalue weighted by atomic mass is 10.0. The van der Waals surface area contributed by atoms with Gasteiger partial charge in [0.05, 0.1) is 12.5 Å². The Kier molecular flexibility index (Phi) is 5.26. The lowest BCUT2D eigenvalue weighted by Gasteiger charge is -2.19. The van der Waals surface area contributed by atoms with Crippen molar-refractivity contribution < 1.29 is 23.1 Å². The zero-order valence-corrected chi connectivity index (χ0v) is 12.1. The van der Waals surface area contributed by atoms with E-state index in [9.17, 15) is 18.0 Å². The zero-order valence-electron chi connectivity index (χ0n) is 11.2. The molecule has 6 nitrogen and oxygen atoms in total. The van der Waals surface area contributed by atoms with Crippen LogP contribution in [0.4, 0.5) is 0 Å². The molecule has 1 amide bonds. The molecule has 2 unspecified atom stereocenters. The fourth-order valence-corrected chi connectivity index (χ4v) is 2.05. The highest BCUT2D eigenvalue weighted by Crippen LogP contribution is 2.17. The van der Waals surface area contributed by atoms with Gasteiger partial charge in [0.15, 0.2) is 9.84 Å². The van der Waals surface area contributed by atoms with E-state index in [4.69, 9.17) is 5.11 Å². The molecule has 0 bridgehead atoms. The second kappa shape index (κ2) is 6.51. The summed E-state index contributed by atoms with van der Waals surface area (Å²) in [7, 11) is -3.52. The number of hydrogen-bond donors (Lipinski definition) is 2. The van der Waals surface area contributed by atoms with Crippen molar-refractivity contribution in [3.8, 4) is 0 Å². The monoisotopic (exact) mass is 299 g/mol. The number of benzene rings is 1. The lowest BCUT2D eigenvalue weighted by Crippen LogP contribution is -2.40. The standard InChI is InChI=1S/C13H17NO5S/c1-9(20(2,18)19)13(17)14-11(8-12(15)16)10-6-4-3-5-7-10/h3-7,9,11H,8H2,1-2H3,(H,14,17)(H,15,16). The van der Waals surface area contributed by atoms with Gasteiger partial charge in [-0.3, -0.25) is 9.59 Å². The Hall–Kier alpha value is -1.89. The van der Waals surface area contributed by atoms with Crippen molar-refractivity contribution in [3.05, 3.63) is 35.9 Å². The third-order valence-corrected chi connectivity index (χ3v) is 4.41. The number of aliphatic carboxylic acids is 1. The number of rotatable bonds is 6. The second-order valence-electron chi connectivity index (χ2n) is 4.54. The topological polar surface area (TPSA) is 101 Å². The van der Waals surface area contributed by atoms with Gasteiger partial charge in [0.25, 0.3) is 0 Å². The van der Waals surface area contributed by atoms with Gasteiger partial charge in [0.2, 0.25) is 5.91 Å². The first-order valence-electron chi connectivity index (χ1n) is 5.97. The highest BCUT2D eigenvalue weighted by Gasteiger charge is 2.27. The first kappa shape index (κ1) is 16.2. The van der Waals surface area contributed by atoms with Crippen molar-refractivity contribution in [3.63, 3.8) is 0 Å². The fourth-order valence-electron chi connectivity index (χ4n) is 1.60. The van der Waals surface area contributed by atoms with Crippen LogP contribution >= 0.6 is 0 Å². The average Bonchev–Trinajstić information content (AvgIpc) is 2.36. The summed E-state index contributed by atoms with van der Waals surface area (Å²) in [5.41, 5.74) is 0.615. The van der Waals surface area contributed by atoms with Crippen molar-refractivity contribution in [2.24, 2.45) is 0 Å². The Morgan fingerprint density at radius 3 is 2.25 bits per heavy atom. The molecule has 110 valence electrons. The predicted molar refractivity (Wildman–Crippen MR) is 73.9 cm³/mol. The van der Waals surface area contributed by atoms with E-state index in [-0.39, 0.29) is 6.42 Å². The maximum absolute atomic E-state index is 11.9. The molecule has 1 aromatic rings. The Morgan fingerprint density at radius 1 is 1.25 bits per heavy atom. The van der Waals surface area contributed by atoms with Crippen LogP contribution in [0.5, 0.6) is 0 Å². The highest BCUT2D eigenvalue weighted by atomic mass is 32.2. The van der Waals surface area contributed by atoms with E-state index in [1.165, 1.54) is 6.92 Å². The Labute approximate surface area is 117 Å². The molecule has 0 aliphatic rings. The predicted octanol–water partition coefficient (Wildman–Crippen LogP) is 0.752. The molecule has 2 atom stereocenters. The Bertz CT molecular complexity index is 582. The Balaban J connectivity index is 2.92. The molecule has 0 spiro atoms. The molecule has 0 heterocycles. The number of sulfone groups is 1. The third-order valence-electron chi connectivity index (χ3n) is 2.91. The number of amides is 1. The largest absolute Gasteiger partial charge is 0.481 e. The fraction of sp³-hybridized carbons (Fsp3) is 0.385. The minimum atomic E-state index is -3.52. The van der Waals surface area contributed by atoms with Crippen molar-refractivity contribution in [1.82, 2.24) is 5.32 Å². The molecule has 0 fully saturated rings. The van der Waals surface area contributed by atoms with Crippen LogP contribution in [-0.4, -0.2) is 36.9 Å². The summed E-state index contributed by atoms with van der Waals surface area (Å²) in [5.74, 6) is -1.78. The molecule has 0 saturated heterocycles. The van der Waals surface area contributed by atoms with Gasteiger partial charge < -0.3 is 10.4 Å². The van der Waals surface area contributed by atoms with E-state index in [2.05, 4.69) is 5.32 Å². The minimum Gasteiger partial charge on any atom is -0.481 e. The number of carbonyl (C=O) groups is 2. The SMILES string of the molecule is CC(C(=O)NC(CC(=O)O)c1ccccc1)S(C)(=O)=O. The summed E-state index contributed by atoms with van der Waals surface area (Å²) in [5, 5.41) is 10.1. The van der Waals surface area contributed by atoms with Gasteiger partial charge in [-0.15, -0.1) is 0 Å². The van der Waals surface area contributed by atoms with Gasteiger partial charge in [-0.25, -0.2) is 8.42 Å². The van der Waals surface area contributed by atoms with Crippen molar-refractivity contribution in [2.45, 2.75) is 24.6 Å². The van der Waals surface area contributed by atoms with Crippen LogP contribution in [0.25, 0.3) is 0 Å². The van der Waals surface area contributed by atoms with Crippen LogP contribution < -0.4 is 5.32 Å². The van der Waals surface area contributed by atoms with Crippen LogP contribution in [0, 0.1) is 0 Å². The van der Waals surface area contributed by atoms with Crippen LogP contribution in [0.15, 0.2) is 30.3 Å². The number of hydrogen-bond acceptors (Lipinski definition) is 4. The molecular formula is C13H17NO5S. The summed E-state index contributed by atoms with van der Waals surface area (Å²) in [6.07, 6.45) is 0.651. The van der Waals surface area contributed by atoms with E-state index in [0.717, 1.165) is 6.26 Å². The van der Waals surface area contributed by atoms with E-state index in [0.29, 0.717) is 5.56 Å². The van der Waals surface area contributed by atoms with Gasteiger partial charge in [-0.2, -0.15) is 0 Å². The van der Waals surface area contributed by atoms with E-state index in [1.54, 1.807) is 30.3 Å². The molecule has 7 heteroatoms. The summed E-state index contributed by atoms with van der Waals surface area (Å²) in [6.45, 7) is 1.27. The van der Waals surface area contributed by atoms with E-state index in [1.807, 2.05) is 0 Å². The van der Waals surface area contributed by atoms with Crippen molar-refractivity contribution in [2.75, 3.05) is 6.26 Å². The van der Waals surface area contributed by atoms with Crippen LogP contribution in [0.1, 0.15) is 24.9 Å². The summed E-state index contributed by atoms with van der Waals surface area (Å²) >= 11 is 0. The van der Waals surface area contributed by atoms with Gasteiger partial charge in [-0.05, 0) is 12.5 Å². The molecule has 1 aromatic carbocycles. The number of carbonyl (C=O) groups excluding carboxylic acids is 1. The van der Waals surface area contributed by atoms with E-state index < -0.39 is 33.0 Å². The molecule has 0 aliphatic carbocycles. The van der Waals surface area contributed by atoms with Gasteiger partial charge >= 0.3 is 5.97 Å². The maximum Gasteiger partial charge on any atom is 0.305 e. The van der Waals surface area contributed by atoms with Gasteiger partial charge in [0, 0.05) is 6.26 Å². The second-order valence-corrected chi connectivity index (χ2v) is 6.91. The third kappa shape index (κ3) is 4.65. The average molecular weight is 299 g/mol. The minimum absolute atomic E-state index is 0.313. The first-order chi connectivity index (χ1) is 9.21. The normalized spacial score (nSPS) is 14.3. The van der Waals surface area contributed by atoms with Crippen molar-refractivity contribution in [1.29, 1.82) is 0 Å². The molecule has 0 aromatic heterocycles. The molecule has 2 N–H and O–H groups in total. The number of carboxylic acids is 1. The van der Waals surface area contributed by atoms with Crippen LogP contribution in [-0.2, 0) is 19.4 Å². The molecular weight excluding hydrogens is 282 g/mol. The maximum atomic E-state index is 11.9. The molecule has 1 rings (SSSR count). The lowest BCUT2D eigenvalue weighted by molar-refractivity contribution is -0.137. The molecule has 0 aliphatic heterocycles. The van der Waals surface area contributed by atoms with E-state index >= 15 is 0 Å². The first-order valence-corrected chi connectivity index (χ1v) is 7.93. The summed E-state index contributed by atoms with van der Waals surface area (Å²) in [4.78, 5) is 22.7. The van der Waals surface area contributed by atoms with Gasteiger partial charge in [0.1, 0.15) is 5.25 Å². The summed E-state index contributed by atoms with van der Waals surface area (Å²) in [6, 6.07) is 7.80. The molecule has 0 radical (unpaired) electrons. The quantitative estimate of drug-likeness (QED) is 0.807. The van der Waals surface area contributed by atoms with Crippen LogP contribution in [0.2, 0.25) is 0 Å². The van der Waals surface area contributed by atoms with Crippen molar-refractivity contribution >= 4 is 21.7 Å². The molecule has 0 saturated carbocycles. The Morgan fingerprint density at radius 2 is 1.80 bits per heavy atom. The highest BCUT2D eigenvalue weighted by molar-refractivity contribution is 7.92. The zero-order chi connectivity index (χ0) is 15.3. The smallest absolute Gasteiger partial charge is 0.305 e. The number of nitrogens with one attached hydrogen (secondary N) is 1. The van der Waals surface area contributed by atoms with Gasteiger partial charge in [-0.1, -0.05) is 30.3 Å². The number of carboxylic acid groups (broad SMARTS) is 1. The molecule has 20 heavy (non-hydrogen) atoms.